The summed E-state index contributed by atoms with van der Waals surface area (Å²) in [5, 5.41) is 3.12. The van der Waals surface area contributed by atoms with Gasteiger partial charge in [-0.1, -0.05) is 0 Å². The Balaban J connectivity index is 1.61. The van der Waals surface area contributed by atoms with Crippen molar-refractivity contribution in [2.75, 3.05) is 26.3 Å². The minimum Gasteiger partial charge on any atom is -0.376 e. The summed E-state index contributed by atoms with van der Waals surface area (Å²) >= 11 is 0. The third-order valence-corrected chi connectivity index (χ3v) is 3.27. The van der Waals surface area contributed by atoms with Crippen LogP contribution in [0.2, 0.25) is 0 Å². The Labute approximate surface area is 103 Å². The highest BCUT2D eigenvalue weighted by molar-refractivity contribution is 5.77. The van der Waals surface area contributed by atoms with Gasteiger partial charge in [0, 0.05) is 19.8 Å². The predicted molar refractivity (Wildman–Crippen MR) is 67.1 cm³/mol. The fraction of sp³-hybridized carbons (Fsp3) is 0.917. The van der Waals surface area contributed by atoms with Crippen molar-refractivity contribution in [1.82, 2.24) is 5.32 Å². The first-order valence-electron chi connectivity index (χ1n) is 6.61. The molecule has 98 valence electrons. The van der Waals surface area contributed by atoms with E-state index in [2.05, 4.69) is 10.3 Å². The minimum atomic E-state index is 0.265. The summed E-state index contributed by atoms with van der Waals surface area (Å²) in [6.07, 6.45) is 6.35. The first kappa shape index (κ1) is 12.6. The molecule has 0 aromatic heterocycles. The highest BCUT2D eigenvalue weighted by Gasteiger charge is 2.15. The van der Waals surface area contributed by atoms with Crippen LogP contribution in [0.1, 0.15) is 32.1 Å². The Kier molecular flexibility index (Phi) is 5.07. The van der Waals surface area contributed by atoms with Crippen molar-refractivity contribution in [2.24, 2.45) is 10.7 Å². The van der Waals surface area contributed by atoms with Gasteiger partial charge in [-0.3, -0.25) is 4.99 Å². The average Bonchev–Trinajstić information content (AvgIpc) is 2.88. The lowest BCUT2D eigenvalue weighted by Crippen LogP contribution is -2.39. The maximum Gasteiger partial charge on any atom is 0.188 e. The van der Waals surface area contributed by atoms with E-state index in [9.17, 15) is 0 Å². The maximum atomic E-state index is 5.80. The van der Waals surface area contributed by atoms with Gasteiger partial charge in [0.1, 0.15) is 0 Å². The van der Waals surface area contributed by atoms with Gasteiger partial charge < -0.3 is 20.5 Å². The minimum absolute atomic E-state index is 0.265. The second kappa shape index (κ2) is 6.81. The molecule has 0 aliphatic carbocycles. The summed E-state index contributed by atoms with van der Waals surface area (Å²) in [7, 11) is 0. The van der Waals surface area contributed by atoms with Crippen molar-refractivity contribution in [3.63, 3.8) is 0 Å². The third-order valence-electron chi connectivity index (χ3n) is 3.27. The van der Waals surface area contributed by atoms with Crippen molar-refractivity contribution in [2.45, 2.75) is 44.3 Å². The lowest BCUT2D eigenvalue weighted by Gasteiger charge is -2.22. The van der Waals surface area contributed by atoms with Crippen LogP contribution < -0.4 is 11.1 Å². The average molecular weight is 241 g/mol. The smallest absolute Gasteiger partial charge is 0.188 e. The summed E-state index contributed by atoms with van der Waals surface area (Å²) in [6.45, 7) is 3.17. The molecule has 2 rings (SSSR count). The number of ether oxygens (including phenoxy) is 2. The van der Waals surface area contributed by atoms with E-state index in [1.807, 2.05) is 0 Å². The number of hydrogen-bond donors (Lipinski definition) is 2. The molecule has 5 heteroatoms. The molecule has 0 amide bonds. The summed E-state index contributed by atoms with van der Waals surface area (Å²) in [4.78, 5) is 4.29. The number of nitrogens with one attached hydrogen (secondary N) is 1. The first-order valence-corrected chi connectivity index (χ1v) is 6.61. The van der Waals surface area contributed by atoms with Crippen LogP contribution in [0.25, 0.3) is 0 Å². The Bertz CT molecular complexity index is 246. The zero-order valence-electron chi connectivity index (χ0n) is 10.4. The molecule has 2 aliphatic heterocycles. The molecule has 0 aromatic rings. The van der Waals surface area contributed by atoms with Gasteiger partial charge >= 0.3 is 0 Å². The second-order valence-electron chi connectivity index (χ2n) is 4.73. The molecule has 0 saturated carbocycles. The largest absolute Gasteiger partial charge is 0.376 e. The molecule has 2 unspecified atom stereocenters. The van der Waals surface area contributed by atoms with Gasteiger partial charge in [-0.25, -0.2) is 0 Å². The van der Waals surface area contributed by atoms with E-state index in [1.165, 1.54) is 12.8 Å². The van der Waals surface area contributed by atoms with Crippen LogP contribution in [0.5, 0.6) is 0 Å². The van der Waals surface area contributed by atoms with Gasteiger partial charge in [-0.05, 0) is 32.1 Å². The summed E-state index contributed by atoms with van der Waals surface area (Å²) in [5.74, 6) is 0.509. The van der Waals surface area contributed by atoms with Gasteiger partial charge in [-0.15, -0.1) is 0 Å². The normalized spacial score (nSPS) is 30.5. The van der Waals surface area contributed by atoms with Crippen LogP contribution in [-0.2, 0) is 9.47 Å². The molecule has 2 heterocycles. The first-order chi connectivity index (χ1) is 8.34. The number of rotatable bonds is 4. The molecular weight excluding hydrogens is 218 g/mol. The topological polar surface area (TPSA) is 68.9 Å². The number of nitrogens with zero attached hydrogens (tertiary/aromatic N) is 1. The number of guanidine groups is 1. The lowest BCUT2D eigenvalue weighted by atomic mass is 10.1. The molecule has 0 aromatic carbocycles. The monoisotopic (exact) mass is 241 g/mol. The summed E-state index contributed by atoms with van der Waals surface area (Å²) in [6, 6.07) is 0. The fourth-order valence-corrected chi connectivity index (χ4v) is 2.23. The van der Waals surface area contributed by atoms with Gasteiger partial charge in [0.05, 0.1) is 18.8 Å². The molecule has 2 saturated heterocycles. The van der Waals surface area contributed by atoms with Gasteiger partial charge in [0.15, 0.2) is 5.96 Å². The van der Waals surface area contributed by atoms with E-state index < -0.39 is 0 Å². The highest BCUT2D eigenvalue weighted by atomic mass is 16.5. The molecule has 17 heavy (non-hydrogen) atoms. The van der Waals surface area contributed by atoms with E-state index in [0.29, 0.717) is 18.6 Å². The predicted octanol–water partition coefficient (Wildman–Crippen LogP) is 0.639. The van der Waals surface area contributed by atoms with Crippen LogP contribution in [-0.4, -0.2) is 44.5 Å². The van der Waals surface area contributed by atoms with Crippen molar-refractivity contribution in [3.8, 4) is 0 Å². The quantitative estimate of drug-likeness (QED) is 0.560. The molecular formula is C12H23N3O2. The van der Waals surface area contributed by atoms with E-state index in [4.69, 9.17) is 15.2 Å². The van der Waals surface area contributed by atoms with E-state index in [1.54, 1.807) is 0 Å². The van der Waals surface area contributed by atoms with E-state index in [-0.39, 0.29) is 6.10 Å². The van der Waals surface area contributed by atoms with Crippen LogP contribution in [0.3, 0.4) is 0 Å². The Hall–Kier alpha value is -0.810. The van der Waals surface area contributed by atoms with Crippen LogP contribution in [0.4, 0.5) is 0 Å². The second-order valence-corrected chi connectivity index (χ2v) is 4.73. The Morgan fingerprint density at radius 1 is 1.12 bits per heavy atom. The van der Waals surface area contributed by atoms with Gasteiger partial charge in [0.2, 0.25) is 0 Å². The zero-order chi connectivity index (χ0) is 11.9. The van der Waals surface area contributed by atoms with Crippen molar-refractivity contribution < 1.29 is 9.47 Å². The van der Waals surface area contributed by atoms with Crippen molar-refractivity contribution in [1.29, 1.82) is 0 Å². The summed E-state index contributed by atoms with van der Waals surface area (Å²) < 4.78 is 11.1. The van der Waals surface area contributed by atoms with Gasteiger partial charge in [0.25, 0.3) is 0 Å². The molecule has 2 aliphatic rings. The Morgan fingerprint density at radius 3 is 2.59 bits per heavy atom. The van der Waals surface area contributed by atoms with Crippen LogP contribution in [0, 0.1) is 0 Å². The number of nitrogens with two attached hydrogens (primary N) is 1. The van der Waals surface area contributed by atoms with E-state index >= 15 is 0 Å². The third kappa shape index (κ3) is 4.52. The van der Waals surface area contributed by atoms with Crippen molar-refractivity contribution in [3.05, 3.63) is 0 Å². The lowest BCUT2D eigenvalue weighted by molar-refractivity contribution is 0.0195. The Morgan fingerprint density at radius 2 is 1.88 bits per heavy atom. The molecule has 0 spiro atoms. The van der Waals surface area contributed by atoms with Crippen LogP contribution in [0.15, 0.2) is 4.99 Å². The highest BCUT2D eigenvalue weighted by Crippen LogP contribution is 2.12. The molecule has 0 bridgehead atoms. The van der Waals surface area contributed by atoms with E-state index in [0.717, 1.165) is 39.0 Å². The van der Waals surface area contributed by atoms with Crippen LogP contribution >= 0.6 is 0 Å². The fourth-order valence-electron chi connectivity index (χ4n) is 2.23. The molecule has 2 atom stereocenters. The summed E-state index contributed by atoms with van der Waals surface area (Å²) in [5.41, 5.74) is 5.80. The zero-order valence-corrected chi connectivity index (χ0v) is 10.4. The standard InChI is InChI=1S/C12H23N3O2/c13-12(15-9-11-5-3-7-17-11)14-8-10-4-1-2-6-16-10/h10-11H,1-9H2,(H3,13,14,15). The van der Waals surface area contributed by atoms with Crippen molar-refractivity contribution >= 4 is 5.96 Å². The van der Waals surface area contributed by atoms with Gasteiger partial charge in [-0.2, -0.15) is 0 Å². The molecule has 3 N–H and O–H groups in total. The maximum absolute atomic E-state index is 5.80. The molecule has 5 nitrogen and oxygen atoms in total. The SMILES string of the molecule is NC(=NCC1CCCO1)NCC1CCCCO1. The molecule has 0 radical (unpaired) electrons. The molecule has 2 fully saturated rings. The number of hydrogen-bond acceptors (Lipinski definition) is 3. The number of aliphatic imine (C=N–C) groups is 1.